The molecule has 4 aliphatic heterocycles. The van der Waals surface area contributed by atoms with E-state index in [2.05, 4.69) is 43.9 Å². The third kappa shape index (κ3) is 6.21. The van der Waals surface area contributed by atoms with Crippen molar-refractivity contribution >= 4 is 34.6 Å². The van der Waals surface area contributed by atoms with E-state index in [4.69, 9.17) is 18.2 Å². The van der Waals surface area contributed by atoms with Crippen molar-refractivity contribution in [1.82, 2.24) is 15.1 Å². The van der Waals surface area contributed by atoms with Crippen molar-refractivity contribution in [3.05, 3.63) is 64.5 Å². The fourth-order valence-corrected chi connectivity index (χ4v) is 7.81. The molecule has 0 aromatic heterocycles. The Kier molecular flexibility index (Phi) is 8.44. The molecule has 0 saturated carbocycles. The second-order valence-electron chi connectivity index (χ2n) is 12.7. The molecule has 1 N–H and O–H groups in total. The lowest BCUT2D eigenvalue weighted by molar-refractivity contribution is 0.0608. The van der Waals surface area contributed by atoms with E-state index in [0.717, 1.165) is 88.9 Å². The lowest BCUT2D eigenvalue weighted by atomic mass is 9.76. The molecule has 1 unspecified atom stereocenters. The Bertz CT molecular complexity index is 1250. The maximum Gasteiger partial charge on any atom is 0.253 e. The number of piperazine rings is 1. The number of benzene rings is 2. The van der Waals surface area contributed by atoms with E-state index in [1.54, 1.807) is 0 Å². The molecule has 0 aliphatic carbocycles. The van der Waals surface area contributed by atoms with Crippen LogP contribution in [-0.2, 0) is 0 Å². The van der Waals surface area contributed by atoms with Crippen LogP contribution in [0.25, 0.3) is 4.85 Å². The highest BCUT2D eigenvalue weighted by Crippen LogP contribution is 2.46. The van der Waals surface area contributed by atoms with Crippen molar-refractivity contribution in [2.24, 2.45) is 11.3 Å². The van der Waals surface area contributed by atoms with Gasteiger partial charge in [0.25, 0.3) is 5.91 Å². The van der Waals surface area contributed by atoms with Crippen LogP contribution in [0.3, 0.4) is 0 Å². The maximum absolute atomic E-state index is 13.2. The number of amides is 1. The normalized spacial score (nSPS) is 23.6. The van der Waals surface area contributed by atoms with E-state index in [9.17, 15) is 4.79 Å². The molecule has 4 fully saturated rings. The standard InChI is InChI=1S/C33H43ClN6O/c1-25-22-33(24-40(25)29-7-8-31(35-2)30(34)21-29)11-15-38(16-12-33)28-5-3-27(4-6-28)32(41)39-19-17-37(18-20-39)23-26-9-13-36-14-10-26/h3-8,21,25-26,36H,9-20,22-24H2,1H3. The highest BCUT2D eigenvalue weighted by molar-refractivity contribution is 6.33. The second kappa shape index (κ2) is 12.2. The number of nitrogens with one attached hydrogen (secondary N) is 1. The highest BCUT2D eigenvalue weighted by Gasteiger charge is 2.44. The number of hydrogen-bond acceptors (Lipinski definition) is 5. The van der Waals surface area contributed by atoms with Gasteiger partial charge in [0.05, 0.1) is 6.57 Å². The van der Waals surface area contributed by atoms with Gasteiger partial charge in [-0.05, 0) is 99.8 Å². The highest BCUT2D eigenvalue weighted by atomic mass is 35.5. The molecule has 4 heterocycles. The lowest BCUT2D eigenvalue weighted by Gasteiger charge is -2.40. The zero-order chi connectivity index (χ0) is 28.4. The number of hydrogen-bond donors (Lipinski definition) is 1. The number of nitrogens with zero attached hydrogens (tertiary/aromatic N) is 5. The minimum absolute atomic E-state index is 0.167. The number of rotatable bonds is 5. The fourth-order valence-electron chi connectivity index (χ4n) is 7.59. The first kappa shape index (κ1) is 28.3. The summed E-state index contributed by atoms with van der Waals surface area (Å²) in [5.41, 5.74) is 3.97. The first-order chi connectivity index (χ1) is 19.9. The van der Waals surface area contributed by atoms with Gasteiger partial charge in [-0.25, -0.2) is 4.85 Å². The summed E-state index contributed by atoms with van der Waals surface area (Å²) in [4.78, 5) is 26.3. The molecule has 1 amide bonds. The summed E-state index contributed by atoms with van der Waals surface area (Å²) in [5.74, 6) is 0.967. The molecule has 1 spiro atoms. The molecule has 4 aliphatic rings. The Morgan fingerprint density at radius 2 is 1.68 bits per heavy atom. The van der Waals surface area contributed by atoms with Crippen molar-refractivity contribution in [1.29, 1.82) is 0 Å². The summed E-state index contributed by atoms with van der Waals surface area (Å²) >= 11 is 6.36. The number of anilines is 2. The predicted molar refractivity (Wildman–Crippen MR) is 167 cm³/mol. The van der Waals surface area contributed by atoms with Gasteiger partial charge in [0.1, 0.15) is 0 Å². The van der Waals surface area contributed by atoms with E-state index in [-0.39, 0.29) is 5.91 Å². The number of halogens is 1. The van der Waals surface area contributed by atoms with E-state index in [0.29, 0.717) is 22.2 Å². The van der Waals surface area contributed by atoms with E-state index in [1.165, 1.54) is 31.5 Å². The smallest absolute Gasteiger partial charge is 0.253 e. The van der Waals surface area contributed by atoms with Gasteiger partial charge in [-0.3, -0.25) is 9.69 Å². The van der Waals surface area contributed by atoms with Crippen LogP contribution in [0, 0.1) is 17.9 Å². The van der Waals surface area contributed by atoms with Gasteiger partial charge in [-0.2, -0.15) is 0 Å². The summed E-state index contributed by atoms with van der Waals surface area (Å²) in [7, 11) is 0. The van der Waals surface area contributed by atoms with Crippen molar-refractivity contribution < 1.29 is 4.79 Å². The first-order valence-electron chi connectivity index (χ1n) is 15.4. The number of piperidine rings is 2. The molecule has 4 saturated heterocycles. The number of carbonyl (C=O) groups excluding carboxylic acids is 1. The Labute approximate surface area is 250 Å². The van der Waals surface area contributed by atoms with Gasteiger partial charge in [0.2, 0.25) is 5.69 Å². The van der Waals surface area contributed by atoms with E-state index >= 15 is 0 Å². The second-order valence-corrected chi connectivity index (χ2v) is 13.2. The molecule has 0 radical (unpaired) electrons. The van der Waals surface area contributed by atoms with Crippen molar-refractivity contribution in [3.63, 3.8) is 0 Å². The minimum Gasteiger partial charge on any atom is -0.371 e. The van der Waals surface area contributed by atoms with Gasteiger partial charge < -0.3 is 20.0 Å². The van der Waals surface area contributed by atoms with Crippen LogP contribution in [0.15, 0.2) is 42.5 Å². The molecule has 1 atom stereocenters. The third-order valence-corrected chi connectivity index (χ3v) is 10.4. The topological polar surface area (TPSA) is 46.4 Å². The van der Waals surface area contributed by atoms with Crippen LogP contribution in [0.4, 0.5) is 17.1 Å². The van der Waals surface area contributed by atoms with Crippen LogP contribution in [0.2, 0.25) is 5.02 Å². The van der Waals surface area contributed by atoms with Crippen molar-refractivity contribution in [2.75, 3.05) is 75.2 Å². The molecule has 8 heteroatoms. The van der Waals surface area contributed by atoms with Gasteiger partial charge in [0, 0.05) is 80.4 Å². The molecule has 2 aromatic rings. The fraction of sp³-hybridized carbons (Fsp3) is 0.576. The molecule has 0 bridgehead atoms. The zero-order valence-electron chi connectivity index (χ0n) is 24.3. The Morgan fingerprint density at radius 3 is 2.34 bits per heavy atom. The predicted octanol–water partition coefficient (Wildman–Crippen LogP) is 5.53. The lowest BCUT2D eigenvalue weighted by Crippen LogP contribution is -2.50. The quantitative estimate of drug-likeness (QED) is 0.476. The monoisotopic (exact) mass is 574 g/mol. The minimum atomic E-state index is 0.167. The van der Waals surface area contributed by atoms with Gasteiger partial charge in [-0.1, -0.05) is 17.7 Å². The first-order valence-corrected chi connectivity index (χ1v) is 15.8. The van der Waals surface area contributed by atoms with E-state index < -0.39 is 0 Å². The summed E-state index contributed by atoms with van der Waals surface area (Å²) in [5, 5.41) is 3.99. The Balaban J connectivity index is 1.000. The SMILES string of the molecule is [C-]#[N+]c1ccc(N2CC3(CCN(c4ccc(C(=O)N5CCN(CC6CCNCC6)CC5)cc4)CC3)CC2C)cc1Cl. The zero-order valence-corrected chi connectivity index (χ0v) is 25.1. The average Bonchev–Trinajstić information content (AvgIpc) is 3.33. The molecule has 218 valence electrons. The average molecular weight is 575 g/mol. The van der Waals surface area contributed by atoms with Crippen molar-refractivity contribution in [2.45, 2.75) is 45.1 Å². The number of carbonyl (C=O) groups is 1. The molecule has 2 aromatic carbocycles. The largest absolute Gasteiger partial charge is 0.371 e. The Morgan fingerprint density at radius 1 is 1.00 bits per heavy atom. The van der Waals surface area contributed by atoms with Crippen LogP contribution in [0.1, 0.15) is 49.4 Å². The van der Waals surface area contributed by atoms with Crippen LogP contribution in [0.5, 0.6) is 0 Å². The third-order valence-electron chi connectivity index (χ3n) is 10.1. The van der Waals surface area contributed by atoms with Gasteiger partial charge in [-0.15, -0.1) is 0 Å². The molecule has 41 heavy (non-hydrogen) atoms. The van der Waals surface area contributed by atoms with E-state index in [1.807, 2.05) is 35.2 Å². The van der Waals surface area contributed by atoms with Crippen molar-refractivity contribution in [3.8, 4) is 0 Å². The van der Waals surface area contributed by atoms with Gasteiger partial charge >= 0.3 is 0 Å². The summed E-state index contributed by atoms with van der Waals surface area (Å²) in [6, 6.07) is 14.6. The van der Waals surface area contributed by atoms with Crippen LogP contribution >= 0.6 is 11.6 Å². The van der Waals surface area contributed by atoms with Crippen LogP contribution in [-0.4, -0.2) is 87.2 Å². The summed E-state index contributed by atoms with van der Waals surface area (Å²) < 4.78 is 0. The molecular formula is C33H43ClN6O. The molecular weight excluding hydrogens is 532 g/mol. The molecule has 6 rings (SSSR count). The molecule has 7 nitrogen and oxygen atoms in total. The summed E-state index contributed by atoms with van der Waals surface area (Å²) in [6.45, 7) is 19.8. The summed E-state index contributed by atoms with van der Waals surface area (Å²) in [6.07, 6.45) is 6.04. The maximum atomic E-state index is 13.2. The Hall–Kier alpha value is -2.79. The van der Waals surface area contributed by atoms with Gasteiger partial charge in [0.15, 0.2) is 0 Å². The van der Waals surface area contributed by atoms with Crippen LogP contribution < -0.4 is 15.1 Å².